The van der Waals surface area contributed by atoms with Crippen molar-refractivity contribution < 1.29 is 29.0 Å². The molecule has 0 aliphatic carbocycles. The maximum Gasteiger partial charge on any atom is 0.323 e. The highest BCUT2D eigenvalue weighted by molar-refractivity contribution is 6.02. The van der Waals surface area contributed by atoms with E-state index in [1.807, 2.05) is 46.1 Å². The zero-order valence-electron chi connectivity index (χ0n) is 28.3. The molecule has 11 heteroatoms. The molecule has 0 spiro atoms. The molecule has 1 heterocycles. The molecule has 0 saturated carbocycles. The topological polar surface area (TPSA) is 124 Å². The molecule has 0 saturated heterocycles. The number of carbonyl (C=O) groups is 3. The van der Waals surface area contributed by atoms with E-state index in [1.165, 1.54) is 0 Å². The molecule has 2 aromatic rings. The maximum absolute atomic E-state index is 14.3. The number of aliphatic hydroxyl groups excluding tert-OH is 1. The van der Waals surface area contributed by atoms with Gasteiger partial charge in [0.2, 0.25) is 5.91 Å². The lowest BCUT2D eigenvalue weighted by Gasteiger charge is -2.36. The summed E-state index contributed by atoms with van der Waals surface area (Å²) in [6.07, 6.45) is 3.22. The van der Waals surface area contributed by atoms with Crippen LogP contribution in [0.15, 0.2) is 48.5 Å². The van der Waals surface area contributed by atoms with E-state index >= 15 is 0 Å². The van der Waals surface area contributed by atoms with Gasteiger partial charge in [-0.05, 0) is 90.5 Å². The number of amides is 4. The van der Waals surface area contributed by atoms with E-state index in [9.17, 15) is 19.5 Å². The minimum Gasteiger partial charge on any atom is -0.490 e. The van der Waals surface area contributed by atoms with E-state index < -0.39 is 12.1 Å². The number of ether oxygens (including phenoxy) is 2. The molecule has 1 aliphatic heterocycles. The molecule has 1 aliphatic rings. The Hall–Kier alpha value is -3.67. The molecule has 0 unspecified atom stereocenters. The third-order valence-corrected chi connectivity index (χ3v) is 8.22. The number of likely N-dealkylation sites (N-methyl/N-ethyl adjacent to an activating group) is 1. The molecule has 254 valence electrons. The number of hydrogen-bond acceptors (Lipinski definition) is 7. The first-order valence-corrected chi connectivity index (χ1v) is 16.3. The van der Waals surface area contributed by atoms with Gasteiger partial charge in [0.25, 0.3) is 5.91 Å². The van der Waals surface area contributed by atoms with Crippen molar-refractivity contribution in [3.05, 3.63) is 54.1 Å². The van der Waals surface area contributed by atoms with Crippen LogP contribution in [0.5, 0.6) is 5.75 Å². The molecule has 11 nitrogen and oxygen atoms in total. The lowest BCUT2D eigenvalue weighted by atomic mass is 10.0. The van der Waals surface area contributed by atoms with Crippen LogP contribution in [0.1, 0.15) is 63.2 Å². The van der Waals surface area contributed by atoms with Crippen molar-refractivity contribution in [1.29, 1.82) is 0 Å². The SMILES string of the molecule is C[C@@H]1CN([C@@H](C)CO)C(=O)c2cc(NC(=O)Nc3ccccc3)ccc2O[C@@H](C)CCCCO[C@@H]1CN(C)C(=O)CCCN(C)C. The fourth-order valence-corrected chi connectivity index (χ4v) is 5.39. The number of carbonyl (C=O) groups excluding carboxylic acids is 3. The largest absolute Gasteiger partial charge is 0.490 e. The highest BCUT2D eigenvalue weighted by Gasteiger charge is 2.31. The number of benzene rings is 2. The van der Waals surface area contributed by atoms with E-state index in [0.717, 1.165) is 32.2 Å². The predicted molar refractivity (Wildman–Crippen MR) is 181 cm³/mol. The average molecular weight is 640 g/mol. The van der Waals surface area contributed by atoms with Crippen molar-refractivity contribution in [2.45, 2.75) is 71.1 Å². The Kier molecular flexibility index (Phi) is 14.8. The maximum atomic E-state index is 14.3. The van der Waals surface area contributed by atoms with E-state index in [0.29, 0.717) is 42.3 Å². The highest BCUT2D eigenvalue weighted by Crippen LogP contribution is 2.28. The van der Waals surface area contributed by atoms with E-state index in [2.05, 4.69) is 15.5 Å². The molecule has 3 N–H and O–H groups in total. The lowest BCUT2D eigenvalue weighted by Crippen LogP contribution is -2.48. The van der Waals surface area contributed by atoms with Gasteiger partial charge in [-0.25, -0.2) is 4.79 Å². The summed E-state index contributed by atoms with van der Waals surface area (Å²) < 4.78 is 12.7. The van der Waals surface area contributed by atoms with Crippen molar-refractivity contribution in [2.24, 2.45) is 5.92 Å². The first-order valence-electron chi connectivity index (χ1n) is 16.3. The smallest absolute Gasteiger partial charge is 0.323 e. The summed E-state index contributed by atoms with van der Waals surface area (Å²) in [6, 6.07) is 13.2. The van der Waals surface area contributed by atoms with Gasteiger partial charge in [-0.3, -0.25) is 9.59 Å². The molecule has 0 bridgehead atoms. The number of urea groups is 1. The minimum absolute atomic E-state index is 0.0601. The third-order valence-electron chi connectivity index (χ3n) is 8.22. The Labute approximate surface area is 274 Å². The number of rotatable bonds is 10. The van der Waals surface area contributed by atoms with Crippen molar-refractivity contribution in [3.8, 4) is 5.75 Å². The molecule has 0 fully saturated rings. The van der Waals surface area contributed by atoms with Gasteiger partial charge in [-0.2, -0.15) is 0 Å². The van der Waals surface area contributed by atoms with Gasteiger partial charge in [0, 0.05) is 50.5 Å². The summed E-state index contributed by atoms with van der Waals surface area (Å²) >= 11 is 0. The van der Waals surface area contributed by atoms with Crippen molar-refractivity contribution in [3.63, 3.8) is 0 Å². The van der Waals surface area contributed by atoms with Gasteiger partial charge in [0.15, 0.2) is 0 Å². The van der Waals surface area contributed by atoms with E-state index in [1.54, 1.807) is 54.1 Å². The molecule has 3 rings (SSSR count). The summed E-state index contributed by atoms with van der Waals surface area (Å²) in [5.41, 5.74) is 1.36. The van der Waals surface area contributed by atoms with Crippen LogP contribution in [0.2, 0.25) is 0 Å². The van der Waals surface area contributed by atoms with Gasteiger partial charge in [0.1, 0.15) is 5.75 Å². The van der Waals surface area contributed by atoms with Gasteiger partial charge in [0.05, 0.1) is 30.4 Å². The highest BCUT2D eigenvalue weighted by atomic mass is 16.5. The fourth-order valence-electron chi connectivity index (χ4n) is 5.39. The summed E-state index contributed by atoms with van der Waals surface area (Å²) in [7, 11) is 5.78. The number of nitrogens with zero attached hydrogens (tertiary/aromatic N) is 3. The second-order valence-electron chi connectivity index (χ2n) is 12.6. The molecule has 4 amide bonds. The molecule has 46 heavy (non-hydrogen) atoms. The van der Waals surface area contributed by atoms with Crippen LogP contribution in [0.4, 0.5) is 16.2 Å². The first-order chi connectivity index (χ1) is 22.0. The summed E-state index contributed by atoms with van der Waals surface area (Å²) in [4.78, 5) is 45.4. The molecular formula is C35H53N5O6. The Morgan fingerprint density at radius 3 is 2.46 bits per heavy atom. The number of aliphatic hydroxyl groups is 1. The zero-order chi connectivity index (χ0) is 33.6. The Morgan fingerprint density at radius 1 is 1.04 bits per heavy atom. The van der Waals surface area contributed by atoms with Crippen LogP contribution in [0.25, 0.3) is 0 Å². The first kappa shape index (κ1) is 36.8. The van der Waals surface area contributed by atoms with Gasteiger partial charge in [-0.1, -0.05) is 25.1 Å². The van der Waals surface area contributed by atoms with Crippen molar-refractivity contribution >= 4 is 29.2 Å². The second kappa shape index (κ2) is 18.5. The number of anilines is 2. The summed E-state index contributed by atoms with van der Waals surface area (Å²) in [5.74, 6) is -0.00187. The quantitative estimate of drug-likeness (QED) is 0.337. The van der Waals surface area contributed by atoms with Crippen molar-refractivity contribution in [2.75, 3.05) is 64.6 Å². The van der Waals surface area contributed by atoms with Crippen LogP contribution in [0, 0.1) is 5.92 Å². The Bertz CT molecular complexity index is 1260. The second-order valence-corrected chi connectivity index (χ2v) is 12.6. The molecule has 0 radical (unpaired) electrons. The van der Waals surface area contributed by atoms with Crippen LogP contribution in [0.3, 0.4) is 0 Å². The Morgan fingerprint density at radius 2 is 1.76 bits per heavy atom. The fraction of sp³-hybridized carbons (Fsp3) is 0.571. The standard InChI is InChI=1S/C35H53N5O6/c1-25-22-40(26(2)24-41)34(43)30-21-29(37-35(44)36-28-14-8-7-9-15-28)17-18-31(30)46-27(3)13-10-11-20-45-32(25)23-39(6)33(42)16-12-19-38(4)5/h7-9,14-15,17-18,21,25-27,32,41H,10-13,16,19-20,22-24H2,1-6H3,(H2,36,37,44)/t25-,26+,27+,32-/m1/s1. The van der Waals surface area contributed by atoms with Crippen LogP contribution < -0.4 is 15.4 Å². The van der Waals surface area contributed by atoms with E-state index in [4.69, 9.17) is 9.47 Å². The lowest BCUT2D eigenvalue weighted by molar-refractivity contribution is -0.132. The van der Waals surface area contributed by atoms with Crippen LogP contribution in [-0.4, -0.2) is 110 Å². The van der Waals surface area contributed by atoms with Gasteiger partial charge < -0.3 is 39.9 Å². The van der Waals surface area contributed by atoms with E-state index in [-0.39, 0.29) is 43.1 Å². The van der Waals surface area contributed by atoms with Crippen LogP contribution in [-0.2, 0) is 9.53 Å². The average Bonchev–Trinajstić information content (AvgIpc) is 3.02. The van der Waals surface area contributed by atoms with Crippen LogP contribution >= 0.6 is 0 Å². The number of para-hydroxylation sites is 1. The monoisotopic (exact) mass is 639 g/mol. The van der Waals surface area contributed by atoms with Crippen molar-refractivity contribution in [1.82, 2.24) is 14.7 Å². The predicted octanol–water partition coefficient (Wildman–Crippen LogP) is 4.93. The number of nitrogens with one attached hydrogen (secondary N) is 2. The normalized spacial score (nSPS) is 20.2. The molecule has 4 atom stereocenters. The number of hydrogen-bond donors (Lipinski definition) is 3. The Balaban J connectivity index is 1.87. The third kappa shape index (κ3) is 11.6. The number of fused-ring (bicyclic) bond motifs is 1. The zero-order valence-corrected chi connectivity index (χ0v) is 28.3. The molecule has 0 aromatic heterocycles. The minimum atomic E-state index is -0.503. The van der Waals surface area contributed by atoms with Gasteiger partial charge >= 0.3 is 6.03 Å². The summed E-state index contributed by atoms with van der Waals surface area (Å²) in [5, 5.41) is 15.8. The van der Waals surface area contributed by atoms with Gasteiger partial charge in [-0.15, -0.1) is 0 Å². The molecular weight excluding hydrogens is 586 g/mol. The summed E-state index contributed by atoms with van der Waals surface area (Å²) in [6.45, 7) is 7.59. The molecule has 2 aromatic carbocycles.